The van der Waals surface area contributed by atoms with Gasteiger partial charge < -0.3 is 19.7 Å². The van der Waals surface area contributed by atoms with E-state index >= 15 is 0 Å². The monoisotopic (exact) mass is 326 g/mol. The molecule has 1 aromatic rings. The number of rotatable bonds is 6. The fraction of sp³-hybridized carbons (Fsp3) is 0.467. The molecule has 1 saturated heterocycles. The van der Waals surface area contributed by atoms with E-state index in [-0.39, 0.29) is 24.8 Å². The molecule has 0 atom stereocenters. The molecule has 0 saturated carbocycles. The number of morpholine rings is 1. The van der Waals surface area contributed by atoms with Crippen molar-refractivity contribution < 1.29 is 19.1 Å². The number of benzene rings is 1. The molecule has 0 radical (unpaired) electrons. The van der Waals surface area contributed by atoms with E-state index < -0.39 is 6.09 Å². The van der Waals surface area contributed by atoms with Gasteiger partial charge in [0, 0.05) is 24.3 Å². The highest BCUT2D eigenvalue weighted by Crippen LogP contribution is 2.16. The summed E-state index contributed by atoms with van der Waals surface area (Å²) in [4.78, 5) is 25.4. The molecule has 0 aromatic heterocycles. The number of hydrogen-bond donors (Lipinski definition) is 1. The van der Waals surface area contributed by atoms with Crippen LogP contribution in [0.25, 0.3) is 0 Å². The maximum Gasteiger partial charge on any atom is 0.407 e. The molecular formula is C15H19ClN2O4. The third kappa shape index (κ3) is 4.89. The summed E-state index contributed by atoms with van der Waals surface area (Å²) in [5, 5.41) is 2.40. The zero-order chi connectivity index (χ0) is 15.8. The number of ketones is 1. The summed E-state index contributed by atoms with van der Waals surface area (Å²) in [6.07, 6.45) is -0.640. The Hall–Kier alpha value is -1.79. The summed E-state index contributed by atoms with van der Waals surface area (Å²) in [6.45, 7) is 3.15. The van der Waals surface area contributed by atoms with Crippen LogP contribution in [0, 0.1) is 0 Å². The topological polar surface area (TPSA) is 67.9 Å². The first kappa shape index (κ1) is 16.6. The molecule has 1 aliphatic heterocycles. The fourth-order valence-electron chi connectivity index (χ4n) is 2.12. The molecule has 22 heavy (non-hydrogen) atoms. The predicted octanol–water partition coefficient (Wildman–Crippen LogP) is 1.67. The van der Waals surface area contributed by atoms with Gasteiger partial charge in [-0.1, -0.05) is 0 Å². The second-order valence-electron chi connectivity index (χ2n) is 4.75. The number of nitrogens with one attached hydrogen (secondary N) is 1. The van der Waals surface area contributed by atoms with Crippen LogP contribution in [0.4, 0.5) is 10.5 Å². The molecule has 0 bridgehead atoms. The van der Waals surface area contributed by atoms with Crippen molar-refractivity contribution in [2.45, 2.75) is 0 Å². The maximum atomic E-state index is 12.0. The minimum Gasteiger partial charge on any atom is -0.448 e. The van der Waals surface area contributed by atoms with Gasteiger partial charge in [-0.05, 0) is 24.3 Å². The van der Waals surface area contributed by atoms with Crippen molar-refractivity contribution in [3.8, 4) is 0 Å². The number of carbonyl (C=O) groups excluding carboxylic acids is 2. The number of halogens is 1. The van der Waals surface area contributed by atoms with Gasteiger partial charge in [0.15, 0.2) is 5.78 Å². The van der Waals surface area contributed by atoms with Crippen LogP contribution in [0.2, 0.25) is 0 Å². The van der Waals surface area contributed by atoms with Crippen molar-refractivity contribution in [1.82, 2.24) is 5.32 Å². The number of nitrogens with zero attached hydrogens (tertiary/aromatic N) is 1. The summed E-state index contributed by atoms with van der Waals surface area (Å²) in [6, 6.07) is 7.34. The van der Waals surface area contributed by atoms with Crippen molar-refractivity contribution in [3.05, 3.63) is 29.8 Å². The molecule has 1 N–H and O–H groups in total. The zero-order valence-electron chi connectivity index (χ0n) is 12.2. The number of alkyl halides is 1. The third-order valence-electron chi connectivity index (χ3n) is 3.27. The van der Waals surface area contributed by atoms with E-state index in [0.29, 0.717) is 5.56 Å². The van der Waals surface area contributed by atoms with Crippen LogP contribution in [-0.4, -0.2) is 57.2 Å². The van der Waals surface area contributed by atoms with Crippen molar-refractivity contribution in [2.24, 2.45) is 0 Å². The van der Waals surface area contributed by atoms with Crippen molar-refractivity contribution in [2.75, 3.05) is 50.2 Å². The summed E-state index contributed by atoms with van der Waals surface area (Å²) in [5.41, 5.74) is 1.61. The second-order valence-corrected chi connectivity index (χ2v) is 5.13. The molecule has 1 amide bonds. The lowest BCUT2D eigenvalue weighted by Crippen LogP contribution is -2.36. The first-order valence-electron chi connectivity index (χ1n) is 7.13. The number of amides is 1. The predicted molar refractivity (Wildman–Crippen MR) is 83.9 cm³/mol. The van der Waals surface area contributed by atoms with Crippen LogP contribution in [0.15, 0.2) is 24.3 Å². The highest BCUT2D eigenvalue weighted by atomic mass is 35.5. The number of carbonyl (C=O) groups is 2. The average molecular weight is 327 g/mol. The van der Waals surface area contributed by atoms with E-state index in [1.54, 1.807) is 12.1 Å². The van der Waals surface area contributed by atoms with Gasteiger partial charge in [-0.2, -0.15) is 0 Å². The molecule has 120 valence electrons. The molecule has 2 rings (SSSR count). The van der Waals surface area contributed by atoms with E-state index in [9.17, 15) is 9.59 Å². The maximum absolute atomic E-state index is 12.0. The molecule has 7 heteroatoms. The van der Waals surface area contributed by atoms with Gasteiger partial charge in [0.1, 0.15) is 6.61 Å². The van der Waals surface area contributed by atoms with Gasteiger partial charge in [0.2, 0.25) is 0 Å². The van der Waals surface area contributed by atoms with E-state index in [2.05, 4.69) is 10.2 Å². The Labute approximate surface area is 134 Å². The molecule has 0 spiro atoms. The quantitative estimate of drug-likeness (QED) is 0.636. The normalized spacial score (nSPS) is 14.5. The van der Waals surface area contributed by atoms with Crippen molar-refractivity contribution in [3.63, 3.8) is 0 Å². The standard InChI is InChI=1S/C15H19ClN2O4/c16-5-8-22-15(20)17-11-14(19)12-1-3-13(4-2-12)18-6-9-21-10-7-18/h1-4H,5-11H2,(H,17,20). The van der Waals surface area contributed by atoms with Crippen molar-refractivity contribution in [1.29, 1.82) is 0 Å². The Morgan fingerprint density at radius 2 is 1.91 bits per heavy atom. The Balaban J connectivity index is 1.84. The lowest BCUT2D eigenvalue weighted by Gasteiger charge is -2.28. The van der Waals surface area contributed by atoms with Gasteiger partial charge >= 0.3 is 6.09 Å². The Morgan fingerprint density at radius 1 is 1.23 bits per heavy atom. The lowest BCUT2D eigenvalue weighted by molar-refractivity contribution is 0.0979. The third-order valence-corrected chi connectivity index (χ3v) is 3.42. The van der Waals surface area contributed by atoms with E-state index in [4.69, 9.17) is 21.1 Å². The first-order valence-corrected chi connectivity index (χ1v) is 7.66. The minimum atomic E-state index is -0.640. The van der Waals surface area contributed by atoms with Gasteiger partial charge in [-0.15, -0.1) is 11.6 Å². The number of hydrogen-bond acceptors (Lipinski definition) is 5. The average Bonchev–Trinajstić information content (AvgIpc) is 2.58. The number of ether oxygens (including phenoxy) is 2. The zero-order valence-corrected chi connectivity index (χ0v) is 13.0. The first-order chi connectivity index (χ1) is 10.7. The van der Waals surface area contributed by atoms with Gasteiger partial charge in [-0.3, -0.25) is 4.79 Å². The highest BCUT2D eigenvalue weighted by Gasteiger charge is 2.13. The molecule has 1 aromatic carbocycles. The summed E-state index contributed by atoms with van der Waals surface area (Å²) in [5.74, 6) is 0.0565. The van der Waals surface area contributed by atoms with Crippen LogP contribution >= 0.6 is 11.6 Å². The van der Waals surface area contributed by atoms with Gasteiger partial charge in [0.25, 0.3) is 0 Å². The molecule has 0 unspecified atom stereocenters. The van der Waals surface area contributed by atoms with Crippen LogP contribution < -0.4 is 10.2 Å². The Kier molecular flexibility index (Phi) is 6.48. The van der Waals surface area contributed by atoms with Crippen LogP contribution in [-0.2, 0) is 9.47 Å². The SMILES string of the molecule is O=C(NCC(=O)c1ccc(N2CCOCC2)cc1)OCCCl. The van der Waals surface area contributed by atoms with E-state index in [1.807, 2.05) is 12.1 Å². The smallest absolute Gasteiger partial charge is 0.407 e. The molecular weight excluding hydrogens is 308 g/mol. The Bertz CT molecular complexity index is 501. The number of anilines is 1. The fourth-order valence-corrected chi connectivity index (χ4v) is 2.19. The summed E-state index contributed by atoms with van der Waals surface area (Å²) in [7, 11) is 0. The number of alkyl carbamates (subject to hydrolysis) is 1. The largest absolute Gasteiger partial charge is 0.448 e. The molecule has 1 heterocycles. The number of Topliss-reactive ketones (excluding diaryl/α,β-unsaturated/α-hetero) is 1. The highest BCUT2D eigenvalue weighted by molar-refractivity contribution is 6.18. The summed E-state index contributed by atoms with van der Waals surface area (Å²) < 4.78 is 10.0. The van der Waals surface area contributed by atoms with Crippen LogP contribution in [0.5, 0.6) is 0 Å². The molecule has 1 fully saturated rings. The van der Waals surface area contributed by atoms with Crippen LogP contribution in [0.1, 0.15) is 10.4 Å². The minimum absolute atomic E-state index is 0.0992. The van der Waals surface area contributed by atoms with Gasteiger partial charge in [0.05, 0.1) is 25.6 Å². The van der Waals surface area contributed by atoms with E-state index in [1.165, 1.54) is 0 Å². The van der Waals surface area contributed by atoms with Gasteiger partial charge in [-0.25, -0.2) is 4.79 Å². The molecule has 1 aliphatic rings. The second kappa shape index (κ2) is 8.60. The molecule has 0 aliphatic carbocycles. The van der Waals surface area contributed by atoms with Crippen LogP contribution in [0.3, 0.4) is 0 Å². The van der Waals surface area contributed by atoms with E-state index in [0.717, 1.165) is 32.0 Å². The van der Waals surface area contributed by atoms with Crippen molar-refractivity contribution >= 4 is 29.2 Å². The molecule has 6 nitrogen and oxygen atoms in total. The lowest BCUT2D eigenvalue weighted by atomic mass is 10.1. The summed E-state index contributed by atoms with van der Waals surface area (Å²) >= 11 is 5.40. The Morgan fingerprint density at radius 3 is 2.55 bits per heavy atom.